The van der Waals surface area contributed by atoms with Crippen molar-refractivity contribution in [3.63, 3.8) is 0 Å². The molecule has 4 rings (SSSR count). The summed E-state index contributed by atoms with van der Waals surface area (Å²) in [5.74, 6) is 3.68. The van der Waals surface area contributed by atoms with Gasteiger partial charge in [0.1, 0.15) is 6.17 Å². The fourth-order valence-corrected chi connectivity index (χ4v) is 8.06. The topological polar surface area (TPSA) is 53.5 Å². The Kier molecular flexibility index (Phi) is 16.7. The summed E-state index contributed by atoms with van der Waals surface area (Å²) in [4.78, 5) is 0. The molecule has 6 nitrogen and oxygen atoms in total. The highest BCUT2D eigenvalue weighted by atomic mass is 19.1. The van der Waals surface area contributed by atoms with Crippen LogP contribution in [0.1, 0.15) is 258 Å². The first-order chi connectivity index (χ1) is 25.0. The maximum atomic E-state index is 13.4. The third-order valence-corrected chi connectivity index (χ3v) is 10.4. The lowest BCUT2D eigenvalue weighted by Gasteiger charge is -2.24. The Morgan fingerprint density at radius 3 is 1.04 bits per heavy atom. The van der Waals surface area contributed by atoms with Crippen molar-refractivity contribution in [2.24, 2.45) is 5.92 Å². The molecule has 1 aliphatic rings. The Morgan fingerprint density at radius 1 is 0.491 bits per heavy atom. The fraction of sp³-hybridized carbons (Fsp3) is 0.812. The predicted octanol–water partition coefficient (Wildman–Crippen LogP) is 14.1. The van der Waals surface area contributed by atoms with Crippen LogP contribution in [-0.2, 0) is 35.9 Å². The van der Waals surface area contributed by atoms with E-state index in [0.717, 1.165) is 24.7 Å². The van der Waals surface area contributed by atoms with Crippen LogP contribution in [0.3, 0.4) is 0 Å². The zero-order valence-corrected chi connectivity index (χ0v) is 40.2. The molecule has 7 heteroatoms. The summed E-state index contributed by atoms with van der Waals surface area (Å²) in [7, 11) is 0. The Balaban J connectivity index is 0.000000286. The van der Waals surface area contributed by atoms with E-state index in [4.69, 9.17) is 15.3 Å². The first-order valence-electron chi connectivity index (χ1n) is 21.9. The van der Waals surface area contributed by atoms with Gasteiger partial charge in [0, 0.05) is 46.9 Å². The molecule has 0 bridgehead atoms. The molecule has 316 valence electrons. The zero-order valence-electron chi connectivity index (χ0n) is 40.2. The summed E-state index contributed by atoms with van der Waals surface area (Å²) >= 11 is 0. The summed E-state index contributed by atoms with van der Waals surface area (Å²) < 4.78 is 19.8. The van der Waals surface area contributed by atoms with Crippen molar-refractivity contribution in [3.8, 4) is 0 Å². The molecule has 3 aromatic rings. The van der Waals surface area contributed by atoms with Crippen LogP contribution in [0.5, 0.6) is 0 Å². The van der Waals surface area contributed by atoms with Gasteiger partial charge in [-0.15, -0.1) is 0 Å². The quantitative estimate of drug-likeness (QED) is 0.195. The summed E-state index contributed by atoms with van der Waals surface area (Å²) in [5.41, 5.74) is 12.5. The fourth-order valence-electron chi connectivity index (χ4n) is 8.06. The van der Waals surface area contributed by atoms with E-state index in [-0.39, 0.29) is 16.2 Å². The molecular weight excluding hydrogens is 680 g/mol. The molecular formula is C48H87FN6. The van der Waals surface area contributed by atoms with Crippen LogP contribution in [0, 0.1) is 5.92 Å². The highest BCUT2D eigenvalue weighted by molar-refractivity contribution is 5.39. The highest BCUT2D eigenvalue weighted by Crippen LogP contribution is 2.40. The van der Waals surface area contributed by atoms with E-state index < -0.39 is 6.17 Å². The van der Waals surface area contributed by atoms with Gasteiger partial charge in [0.05, 0.1) is 23.6 Å². The van der Waals surface area contributed by atoms with Gasteiger partial charge in [-0.25, -0.2) is 4.39 Å². The molecule has 3 aromatic heterocycles. The first kappa shape index (κ1) is 48.7. The second kappa shape index (κ2) is 18.9. The van der Waals surface area contributed by atoms with Crippen molar-refractivity contribution in [2.75, 3.05) is 0 Å². The van der Waals surface area contributed by atoms with E-state index in [1.165, 1.54) is 58.0 Å². The van der Waals surface area contributed by atoms with Gasteiger partial charge in [0.2, 0.25) is 0 Å². The monoisotopic (exact) mass is 767 g/mol. The van der Waals surface area contributed by atoms with Crippen LogP contribution < -0.4 is 0 Å². The molecule has 1 aliphatic carbocycles. The maximum absolute atomic E-state index is 13.4. The standard InChI is InChI=1S/C17H30N2.C16H29FN2.C15H28N2/c1-11(2)15-14(17(5,6)7)16(12(3)4)19(18-15)10-13-8-9-13;1-10(2)14-13(16(6,7)8)15(11(3)4)19(18-14)9-12(5)17;1-9-17-14(11(4)5)12(15(6,7)8)13(16-17)10(2)3/h11-13H,8-10H2,1-7H3;10-12H,9H2,1-8H3;10-11H,9H2,1-8H3. The van der Waals surface area contributed by atoms with Crippen LogP contribution in [0.4, 0.5) is 4.39 Å². The molecule has 1 atom stereocenters. The second-order valence-electron chi connectivity index (χ2n) is 21.5. The minimum atomic E-state index is -0.870. The smallest absolute Gasteiger partial charge is 0.117 e. The molecule has 55 heavy (non-hydrogen) atoms. The van der Waals surface area contributed by atoms with Gasteiger partial charge in [-0.2, -0.15) is 15.3 Å². The average Bonchev–Trinajstić information content (AvgIpc) is 3.41. The molecule has 0 aromatic carbocycles. The first-order valence-corrected chi connectivity index (χ1v) is 21.9. The number of aryl methyl sites for hydroxylation is 1. The van der Waals surface area contributed by atoms with Gasteiger partial charge >= 0.3 is 0 Å². The third-order valence-electron chi connectivity index (χ3n) is 10.4. The lowest BCUT2D eigenvalue weighted by atomic mass is 9.80. The van der Waals surface area contributed by atoms with Gasteiger partial charge in [0.25, 0.3) is 0 Å². The minimum absolute atomic E-state index is 0.0387. The lowest BCUT2D eigenvalue weighted by Crippen LogP contribution is -2.19. The largest absolute Gasteiger partial charge is 0.269 e. The molecule has 1 saturated carbocycles. The Morgan fingerprint density at radius 2 is 0.782 bits per heavy atom. The van der Waals surface area contributed by atoms with E-state index in [2.05, 4.69) is 162 Å². The van der Waals surface area contributed by atoms with E-state index >= 15 is 0 Å². The minimum Gasteiger partial charge on any atom is -0.269 e. The van der Waals surface area contributed by atoms with Crippen LogP contribution in [0.25, 0.3) is 0 Å². The van der Waals surface area contributed by atoms with E-state index in [0.29, 0.717) is 42.1 Å². The van der Waals surface area contributed by atoms with E-state index in [1.54, 1.807) is 6.92 Å². The van der Waals surface area contributed by atoms with Crippen LogP contribution in [0.2, 0.25) is 0 Å². The van der Waals surface area contributed by atoms with Crippen LogP contribution in [0.15, 0.2) is 0 Å². The van der Waals surface area contributed by atoms with Gasteiger partial charge < -0.3 is 0 Å². The number of alkyl halides is 1. The Bertz CT molecular complexity index is 1560. The van der Waals surface area contributed by atoms with Crippen LogP contribution >= 0.6 is 0 Å². The second-order valence-corrected chi connectivity index (χ2v) is 21.5. The molecule has 0 N–H and O–H groups in total. The molecule has 3 heterocycles. The molecule has 0 saturated heterocycles. The predicted molar refractivity (Wildman–Crippen MR) is 236 cm³/mol. The van der Waals surface area contributed by atoms with Gasteiger partial charge in [0.15, 0.2) is 0 Å². The number of nitrogens with zero attached hydrogens (tertiary/aromatic N) is 6. The van der Waals surface area contributed by atoms with Crippen molar-refractivity contribution in [1.29, 1.82) is 0 Å². The third kappa shape index (κ3) is 12.5. The van der Waals surface area contributed by atoms with E-state index in [9.17, 15) is 4.39 Å². The summed E-state index contributed by atoms with van der Waals surface area (Å²) in [6.45, 7) is 53.5. The number of rotatable bonds is 11. The molecule has 0 amide bonds. The van der Waals surface area contributed by atoms with Crippen molar-refractivity contribution in [3.05, 3.63) is 50.9 Å². The molecule has 1 unspecified atom stereocenters. The summed E-state index contributed by atoms with van der Waals surface area (Å²) in [5, 5.41) is 14.5. The van der Waals surface area contributed by atoms with Crippen molar-refractivity contribution in [1.82, 2.24) is 29.3 Å². The number of hydrogen-bond donors (Lipinski definition) is 0. The molecule has 1 fully saturated rings. The number of hydrogen-bond acceptors (Lipinski definition) is 3. The SMILES string of the molecule is CC(C)c1nn(CC2CC2)c(C(C)C)c1C(C)(C)C.CC(F)Cn1nc(C(C)C)c(C(C)(C)C)c1C(C)C.CCn1nc(C(C)C)c(C(C)(C)C)c1C(C)C. The van der Waals surface area contributed by atoms with Crippen molar-refractivity contribution < 1.29 is 4.39 Å². The van der Waals surface area contributed by atoms with Crippen LogP contribution in [-0.4, -0.2) is 35.5 Å². The molecule has 0 spiro atoms. The van der Waals surface area contributed by atoms with Gasteiger partial charge in [-0.1, -0.05) is 145 Å². The number of halogens is 1. The molecule has 0 radical (unpaired) electrons. The van der Waals surface area contributed by atoms with Crippen molar-refractivity contribution >= 4 is 0 Å². The summed E-state index contributed by atoms with van der Waals surface area (Å²) in [6, 6.07) is 0. The Labute approximate surface area is 339 Å². The van der Waals surface area contributed by atoms with Gasteiger partial charge in [-0.3, -0.25) is 14.0 Å². The molecule has 0 aliphatic heterocycles. The lowest BCUT2D eigenvalue weighted by molar-refractivity contribution is 0.303. The van der Waals surface area contributed by atoms with Gasteiger partial charge in [-0.05, 0) is 84.4 Å². The highest BCUT2D eigenvalue weighted by Gasteiger charge is 2.33. The van der Waals surface area contributed by atoms with Crippen molar-refractivity contribution in [2.45, 2.75) is 250 Å². The Hall–Kier alpha value is -2.44. The average molecular weight is 767 g/mol. The maximum Gasteiger partial charge on any atom is 0.117 e. The summed E-state index contributed by atoms with van der Waals surface area (Å²) in [6.07, 6.45) is 1.91. The van der Waals surface area contributed by atoms with E-state index in [1.807, 2.05) is 4.68 Å². The number of aromatic nitrogens is 6. The zero-order chi connectivity index (χ0) is 42.7. The normalized spacial score (nSPS) is 14.7.